The lowest BCUT2D eigenvalue weighted by molar-refractivity contribution is 0.130. The summed E-state index contributed by atoms with van der Waals surface area (Å²) in [5, 5.41) is 0. The topological polar surface area (TPSA) is 3.24 Å². The fourth-order valence-electron chi connectivity index (χ4n) is 2.40. The van der Waals surface area contributed by atoms with E-state index >= 15 is 0 Å². The molecule has 0 unspecified atom stereocenters. The number of halogens is 2. The number of hydrogen-bond acceptors (Lipinski definition) is 1. The Morgan fingerprint density at radius 2 is 2.00 bits per heavy atom. The van der Waals surface area contributed by atoms with Crippen molar-refractivity contribution in [2.45, 2.75) is 26.8 Å². The Kier molecular flexibility index (Phi) is 3.77. The molecule has 2 rings (SSSR count). The van der Waals surface area contributed by atoms with E-state index in [0.29, 0.717) is 18.0 Å². The first-order valence-electron chi connectivity index (χ1n) is 6.23. The molecule has 1 saturated heterocycles. The van der Waals surface area contributed by atoms with Crippen molar-refractivity contribution in [2.75, 3.05) is 13.1 Å². The highest BCUT2D eigenvalue weighted by Crippen LogP contribution is 2.24. The zero-order valence-corrected chi connectivity index (χ0v) is 10.4. The van der Waals surface area contributed by atoms with Crippen molar-refractivity contribution in [2.24, 2.45) is 11.8 Å². The van der Waals surface area contributed by atoms with Crippen molar-refractivity contribution in [3.63, 3.8) is 0 Å². The Balaban J connectivity index is 2.04. The lowest BCUT2D eigenvalue weighted by Crippen LogP contribution is -2.38. The molecule has 1 heterocycles. The highest BCUT2D eigenvalue weighted by molar-refractivity contribution is 5.18. The Bertz CT molecular complexity index is 392. The highest BCUT2D eigenvalue weighted by atomic mass is 19.2. The molecule has 3 heteroatoms. The van der Waals surface area contributed by atoms with E-state index < -0.39 is 11.6 Å². The SMILES string of the molecule is C[C@@H]1CCN(Cc2cccc(F)c2F)C[C@@H]1C. The van der Waals surface area contributed by atoms with Crippen LogP contribution in [0.25, 0.3) is 0 Å². The van der Waals surface area contributed by atoms with Gasteiger partial charge in [-0.3, -0.25) is 4.90 Å². The van der Waals surface area contributed by atoms with Crippen LogP contribution in [0.2, 0.25) is 0 Å². The number of hydrogen-bond donors (Lipinski definition) is 0. The second kappa shape index (κ2) is 5.13. The molecule has 17 heavy (non-hydrogen) atoms. The molecule has 1 aromatic rings. The molecule has 0 radical (unpaired) electrons. The molecule has 0 spiro atoms. The van der Waals surface area contributed by atoms with Gasteiger partial charge in [-0.15, -0.1) is 0 Å². The molecule has 1 aliphatic heterocycles. The maximum absolute atomic E-state index is 13.5. The minimum atomic E-state index is -0.749. The standard InChI is InChI=1S/C14H19F2N/c1-10-6-7-17(8-11(10)2)9-12-4-3-5-13(15)14(12)16/h3-5,10-11H,6-9H2,1-2H3/t10-,11+/m1/s1. The molecule has 0 N–H and O–H groups in total. The molecule has 1 fully saturated rings. The minimum absolute atomic E-state index is 0.465. The van der Waals surface area contributed by atoms with E-state index in [4.69, 9.17) is 0 Å². The molecule has 0 bridgehead atoms. The first-order valence-corrected chi connectivity index (χ1v) is 6.23. The van der Waals surface area contributed by atoms with Crippen molar-refractivity contribution >= 4 is 0 Å². The summed E-state index contributed by atoms with van der Waals surface area (Å²) in [6.45, 7) is 6.93. The van der Waals surface area contributed by atoms with E-state index in [1.54, 1.807) is 12.1 Å². The first kappa shape index (κ1) is 12.5. The maximum Gasteiger partial charge on any atom is 0.163 e. The molecule has 0 aliphatic carbocycles. The van der Waals surface area contributed by atoms with Crippen LogP contribution in [0.4, 0.5) is 8.78 Å². The van der Waals surface area contributed by atoms with Crippen LogP contribution in [0.15, 0.2) is 18.2 Å². The number of piperidine rings is 1. The van der Waals surface area contributed by atoms with E-state index in [-0.39, 0.29) is 0 Å². The summed E-state index contributed by atoms with van der Waals surface area (Å²) in [5.41, 5.74) is 0.465. The zero-order chi connectivity index (χ0) is 12.4. The predicted molar refractivity (Wildman–Crippen MR) is 64.6 cm³/mol. The van der Waals surface area contributed by atoms with Crippen LogP contribution in [-0.2, 0) is 6.54 Å². The van der Waals surface area contributed by atoms with Crippen LogP contribution in [0.5, 0.6) is 0 Å². The van der Waals surface area contributed by atoms with Gasteiger partial charge in [0.05, 0.1) is 0 Å². The molecular formula is C14H19F2N. The van der Waals surface area contributed by atoms with E-state index in [9.17, 15) is 8.78 Å². The van der Waals surface area contributed by atoms with Gasteiger partial charge >= 0.3 is 0 Å². The lowest BCUT2D eigenvalue weighted by atomic mass is 9.88. The summed E-state index contributed by atoms with van der Waals surface area (Å²) in [5.74, 6) is -0.0938. The monoisotopic (exact) mass is 239 g/mol. The van der Waals surface area contributed by atoms with Crippen LogP contribution >= 0.6 is 0 Å². The molecule has 1 nitrogen and oxygen atoms in total. The van der Waals surface area contributed by atoms with Gasteiger partial charge in [-0.25, -0.2) is 8.78 Å². The summed E-state index contributed by atoms with van der Waals surface area (Å²) in [6.07, 6.45) is 1.14. The van der Waals surface area contributed by atoms with Crippen LogP contribution in [-0.4, -0.2) is 18.0 Å². The molecular weight excluding hydrogens is 220 g/mol. The summed E-state index contributed by atoms with van der Waals surface area (Å²) in [4.78, 5) is 2.21. The van der Waals surface area contributed by atoms with Gasteiger partial charge in [0, 0.05) is 18.7 Å². The largest absolute Gasteiger partial charge is 0.299 e. The summed E-state index contributed by atoms with van der Waals surface area (Å²) >= 11 is 0. The fraction of sp³-hybridized carbons (Fsp3) is 0.571. The first-order chi connectivity index (χ1) is 8.08. The number of rotatable bonds is 2. The maximum atomic E-state index is 13.5. The third kappa shape index (κ3) is 2.83. The molecule has 0 aromatic heterocycles. The van der Waals surface area contributed by atoms with Crippen LogP contribution in [0.1, 0.15) is 25.8 Å². The summed E-state index contributed by atoms with van der Waals surface area (Å²) < 4.78 is 26.6. The van der Waals surface area contributed by atoms with Gasteiger partial charge in [0.1, 0.15) is 0 Å². The summed E-state index contributed by atoms with van der Waals surface area (Å²) in [6, 6.07) is 4.41. The number of nitrogens with zero attached hydrogens (tertiary/aromatic N) is 1. The van der Waals surface area contributed by atoms with Crippen molar-refractivity contribution in [1.29, 1.82) is 0 Å². The van der Waals surface area contributed by atoms with Crippen molar-refractivity contribution < 1.29 is 8.78 Å². The Morgan fingerprint density at radius 1 is 1.24 bits per heavy atom. The van der Waals surface area contributed by atoms with E-state index in [2.05, 4.69) is 18.7 Å². The van der Waals surface area contributed by atoms with Gasteiger partial charge in [0.25, 0.3) is 0 Å². The van der Waals surface area contributed by atoms with Gasteiger partial charge in [-0.1, -0.05) is 26.0 Å². The van der Waals surface area contributed by atoms with E-state index in [1.165, 1.54) is 6.07 Å². The van der Waals surface area contributed by atoms with Gasteiger partial charge in [0.15, 0.2) is 11.6 Å². The van der Waals surface area contributed by atoms with Crippen LogP contribution in [0.3, 0.4) is 0 Å². The molecule has 1 aliphatic rings. The molecule has 0 saturated carbocycles. The number of benzene rings is 1. The van der Waals surface area contributed by atoms with Gasteiger partial charge < -0.3 is 0 Å². The smallest absolute Gasteiger partial charge is 0.163 e. The van der Waals surface area contributed by atoms with Gasteiger partial charge in [0.2, 0.25) is 0 Å². The normalized spacial score (nSPS) is 26.1. The average molecular weight is 239 g/mol. The summed E-state index contributed by atoms with van der Waals surface area (Å²) in [7, 11) is 0. The van der Waals surface area contributed by atoms with E-state index in [1.807, 2.05) is 0 Å². The van der Waals surface area contributed by atoms with Crippen molar-refractivity contribution in [1.82, 2.24) is 4.90 Å². The lowest BCUT2D eigenvalue weighted by Gasteiger charge is -2.35. The minimum Gasteiger partial charge on any atom is -0.299 e. The quantitative estimate of drug-likeness (QED) is 0.764. The van der Waals surface area contributed by atoms with Crippen LogP contribution in [0, 0.1) is 23.5 Å². The highest BCUT2D eigenvalue weighted by Gasteiger charge is 2.23. The van der Waals surface area contributed by atoms with Gasteiger partial charge in [-0.2, -0.15) is 0 Å². The third-order valence-corrected chi connectivity index (χ3v) is 3.84. The molecule has 0 amide bonds. The Morgan fingerprint density at radius 3 is 2.71 bits per heavy atom. The van der Waals surface area contributed by atoms with Gasteiger partial charge in [-0.05, 0) is 30.9 Å². The molecule has 2 atom stereocenters. The average Bonchev–Trinajstić information content (AvgIpc) is 2.30. The Hall–Kier alpha value is -0.960. The molecule has 94 valence electrons. The fourth-order valence-corrected chi connectivity index (χ4v) is 2.40. The van der Waals surface area contributed by atoms with E-state index in [0.717, 1.165) is 25.4 Å². The van der Waals surface area contributed by atoms with Crippen molar-refractivity contribution in [3.05, 3.63) is 35.4 Å². The molecule has 1 aromatic carbocycles. The second-order valence-corrected chi connectivity index (χ2v) is 5.19. The van der Waals surface area contributed by atoms with Crippen LogP contribution < -0.4 is 0 Å². The third-order valence-electron chi connectivity index (χ3n) is 3.84. The number of likely N-dealkylation sites (tertiary alicyclic amines) is 1. The Labute approximate surface area is 101 Å². The van der Waals surface area contributed by atoms with Crippen molar-refractivity contribution in [3.8, 4) is 0 Å². The second-order valence-electron chi connectivity index (χ2n) is 5.19. The predicted octanol–water partition coefficient (Wildman–Crippen LogP) is 3.44. The zero-order valence-electron chi connectivity index (χ0n) is 10.4.